The van der Waals surface area contributed by atoms with Gasteiger partial charge in [0.15, 0.2) is 0 Å². The van der Waals surface area contributed by atoms with E-state index in [-0.39, 0.29) is 16.1 Å². The van der Waals surface area contributed by atoms with Crippen molar-refractivity contribution in [1.82, 2.24) is 5.32 Å². The molecule has 0 saturated carbocycles. The molecule has 2 rings (SSSR count). The number of nitrogens with one attached hydrogen (secondary N) is 2. The molecule has 0 aliphatic carbocycles. The van der Waals surface area contributed by atoms with Crippen LogP contribution in [0.4, 0.5) is 5.69 Å². The van der Waals surface area contributed by atoms with E-state index in [1.54, 1.807) is 30.3 Å². The van der Waals surface area contributed by atoms with E-state index in [0.29, 0.717) is 0 Å². The molecule has 0 radical (unpaired) electrons. The third-order valence-corrected chi connectivity index (χ3v) is 4.66. The van der Waals surface area contributed by atoms with Crippen molar-refractivity contribution in [2.24, 2.45) is 0 Å². The van der Waals surface area contributed by atoms with E-state index in [9.17, 15) is 13.2 Å². The number of sulfonamides is 1. The smallest absolute Gasteiger partial charge is 0.426 e. The number of hydrogen-bond acceptors (Lipinski definition) is 5. The Hall–Kier alpha value is -2.36. The predicted octanol–water partition coefficient (Wildman–Crippen LogP) is 0.618. The van der Waals surface area contributed by atoms with E-state index in [4.69, 9.17) is 10.0 Å². The number of carbonyl (C=O) groups excluding carboxylic acids is 1. The highest BCUT2D eigenvalue weighted by Gasteiger charge is 2.23. The summed E-state index contributed by atoms with van der Waals surface area (Å²) < 4.78 is 27.1. The molecule has 0 fully saturated rings. The molecule has 126 valence electrons. The Bertz CT molecular complexity index is 812. The zero-order valence-corrected chi connectivity index (χ0v) is 13.7. The molecule has 0 aliphatic rings. The fourth-order valence-electron chi connectivity index (χ4n) is 1.93. The number of rotatable bonds is 6. The Kier molecular flexibility index (Phi) is 5.60. The Morgan fingerprint density at radius 2 is 1.62 bits per heavy atom. The molecule has 0 aliphatic heterocycles. The Balaban J connectivity index is 2.28. The Morgan fingerprint density at radius 1 is 1.04 bits per heavy atom. The number of carbonyl (C=O) groups is 1. The largest absolute Gasteiger partial charge is 0.475 e. The van der Waals surface area contributed by atoms with Gasteiger partial charge in [0.2, 0.25) is 0 Å². The van der Waals surface area contributed by atoms with Crippen LogP contribution < -0.4 is 10.0 Å². The predicted molar refractivity (Wildman–Crippen MR) is 90.8 cm³/mol. The second kappa shape index (κ2) is 7.48. The summed E-state index contributed by atoms with van der Waals surface area (Å²) >= 11 is 0. The van der Waals surface area contributed by atoms with Crippen LogP contribution in [0.5, 0.6) is 0 Å². The first-order valence-electron chi connectivity index (χ1n) is 7.15. The van der Waals surface area contributed by atoms with Gasteiger partial charge in [-0.15, -0.1) is 0 Å². The van der Waals surface area contributed by atoms with E-state index in [1.807, 2.05) is 0 Å². The highest BCUT2D eigenvalue weighted by molar-refractivity contribution is 7.92. The lowest BCUT2D eigenvalue weighted by atomic mass is 9.81. The van der Waals surface area contributed by atoms with Crippen molar-refractivity contribution in [3.05, 3.63) is 60.2 Å². The molecule has 0 saturated heterocycles. The van der Waals surface area contributed by atoms with Crippen LogP contribution in [0.3, 0.4) is 0 Å². The van der Waals surface area contributed by atoms with Crippen molar-refractivity contribution in [1.29, 1.82) is 0 Å². The molecule has 7 nitrogen and oxygen atoms in total. The lowest BCUT2D eigenvalue weighted by molar-refractivity contribution is 0.0945. The fraction of sp³-hybridized carbons (Fsp3) is 0.133. The minimum Gasteiger partial charge on any atom is -0.426 e. The minimum absolute atomic E-state index is 0.0689. The van der Waals surface area contributed by atoms with Gasteiger partial charge in [0.25, 0.3) is 15.9 Å². The third-order valence-electron chi connectivity index (χ3n) is 3.28. The molecule has 0 heterocycles. The standard InChI is InChI=1S/C15H17BN2O5S/c1-11(16(20)21)17-15(19)13-9-5-6-10-14(13)18-24(22,23)12-7-3-2-4-8-12/h2-11,18,20-21H,1H3,(H,17,19)/t11-/m1/s1. The van der Waals surface area contributed by atoms with E-state index in [1.165, 1.54) is 31.2 Å². The van der Waals surface area contributed by atoms with Gasteiger partial charge in [-0.25, -0.2) is 8.42 Å². The normalized spacial score (nSPS) is 12.3. The van der Waals surface area contributed by atoms with Crippen LogP contribution in [0.25, 0.3) is 0 Å². The average Bonchev–Trinajstić information content (AvgIpc) is 2.55. The lowest BCUT2D eigenvalue weighted by Crippen LogP contribution is -2.44. The van der Waals surface area contributed by atoms with E-state index >= 15 is 0 Å². The topological polar surface area (TPSA) is 116 Å². The maximum Gasteiger partial charge on any atom is 0.475 e. The monoisotopic (exact) mass is 348 g/mol. The van der Waals surface area contributed by atoms with Crippen molar-refractivity contribution in [3.8, 4) is 0 Å². The quantitative estimate of drug-likeness (QED) is 0.571. The van der Waals surface area contributed by atoms with E-state index in [2.05, 4.69) is 10.0 Å². The molecule has 1 atom stereocenters. The summed E-state index contributed by atoms with van der Waals surface area (Å²) in [6.07, 6.45) is 0. The fourth-order valence-corrected chi connectivity index (χ4v) is 3.03. The van der Waals surface area contributed by atoms with E-state index in [0.717, 1.165) is 0 Å². The van der Waals surface area contributed by atoms with Crippen LogP contribution in [-0.4, -0.2) is 37.4 Å². The molecule has 9 heteroatoms. The van der Waals surface area contributed by atoms with Gasteiger partial charge in [0, 0.05) is 0 Å². The summed E-state index contributed by atoms with van der Waals surface area (Å²) in [6.45, 7) is 1.42. The van der Waals surface area contributed by atoms with Gasteiger partial charge in [-0.05, 0) is 31.2 Å². The van der Waals surface area contributed by atoms with Crippen LogP contribution in [-0.2, 0) is 10.0 Å². The number of hydrogen-bond donors (Lipinski definition) is 4. The summed E-state index contributed by atoms with van der Waals surface area (Å²) in [4.78, 5) is 12.3. The van der Waals surface area contributed by atoms with Crippen LogP contribution in [0, 0.1) is 0 Å². The molecule has 4 N–H and O–H groups in total. The number of benzene rings is 2. The molecule has 0 aromatic heterocycles. The maximum absolute atomic E-state index is 12.4. The van der Waals surface area contributed by atoms with Crippen LogP contribution >= 0.6 is 0 Å². The summed E-state index contributed by atoms with van der Waals surface area (Å²) in [5, 5.41) is 20.5. The Morgan fingerprint density at radius 3 is 2.25 bits per heavy atom. The molecular formula is C15H17BN2O5S. The number of anilines is 1. The lowest BCUT2D eigenvalue weighted by Gasteiger charge is -2.15. The molecular weight excluding hydrogens is 331 g/mol. The van der Waals surface area contributed by atoms with Gasteiger partial charge in [-0.1, -0.05) is 30.3 Å². The van der Waals surface area contributed by atoms with Gasteiger partial charge in [-0.2, -0.15) is 0 Å². The highest BCUT2D eigenvalue weighted by atomic mass is 32.2. The summed E-state index contributed by atoms with van der Waals surface area (Å²) in [7, 11) is -5.56. The van der Waals surface area contributed by atoms with Crippen LogP contribution in [0.2, 0.25) is 0 Å². The first-order valence-corrected chi connectivity index (χ1v) is 8.63. The summed E-state index contributed by atoms with van der Waals surface area (Å²) in [5.74, 6) is -1.53. The minimum atomic E-state index is -3.84. The number of para-hydroxylation sites is 1. The van der Waals surface area contributed by atoms with Crippen molar-refractivity contribution < 1.29 is 23.3 Å². The maximum atomic E-state index is 12.4. The van der Waals surface area contributed by atoms with E-state index < -0.39 is 29.0 Å². The molecule has 0 unspecified atom stereocenters. The zero-order chi connectivity index (χ0) is 17.7. The molecule has 0 spiro atoms. The molecule has 1 amide bonds. The van der Waals surface area contributed by atoms with Crippen molar-refractivity contribution >= 4 is 28.7 Å². The van der Waals surface area contributed by atoms with Gasteiger partial charge in [0.05, 0.1) is 22.1 Å². The first kappa shape index (κ1) is 18.0. The molecule has 24 heavy (non-hydrogen) atoms. The van der Waals surface area contributed by atoms with Crippen molar-refractivity contribution in [3.63, 3.8) is 0 Å². The third kappa shape index (κ3) is 4.35. The summed E-state index contributed by atoms with van der Waals surface area (Å²) in [6, 6.07) is 13.8. The number of amides is 1. The second-order valence-corrected chi connectivity index (χ2v) is 6.82. The van der Waals surface area contributed by atoms with Crippen LogP contribution in [0.1, 0.15) is 17.3 Å². The summed E-state index contributed by atoms with van der Waals surface area (Å²) in [5.41, 5.74) is 0.169. The SMILES string of the molecule is C[C@@H](NC(=O)c1ccccc1NS(=O)(=O)c1ccccc1)B(O)O. The van der Waals surface area contributed by atoms with Gasteiger partial charge in [0.1, 0.15) is 0 Å². The average molecular weight is 348 g/mol. The molecule has 2 aromatic carbocycles. The van der Waals surface area contributed by atoms with Crippen molar-refractivity contribution in [2.45, 2.75) is 17.8 Å². The van der Waals surface area contributed by atoms with Gasteiger partial charge >= 0.3 is 7.12 Å². The second-order valence-electron chi connectivity index (χ2n) is 5.14. The molecule has 2 aromatic rings. The van der Waals surface area contributed by atoms with Gasteiger partial charge in [-0.3, -0.25) is 9.52 Å². The highest BCUT2D eigenvalue weighted by Crippen LogP contribution is 2.20. The van der Waals surface area contributed by atoms with Crippen molar-refractivity contribution in [2.75, 3.05) is 4.72 Å². The van der Waals surface area contributed by atoms with Crippen LogP contribution in [0.15, 0.2) is 59.5 Å². The zero-order valence-electron chi connectivity index (χ0n) is 12.9. The molecule has 0 bridgehead atoms. The Labute approximate surface area is 140 Å². The first-order chi connectivity index (χ1) is 11.3. The van der Waals surface area contributed by atoms with Gasteiger partial charge < -0.3 is 15.4 Å².